The lowest BCUT2D eigenvalue weighted by atomic mass is 9.84. The second-order valence-electron chi connectivity index (χ2n) is 4.54. The third-order valence-electron chi connectivity index (χ3n) is 3.52. The molecule has 2 rings (SSSR count). The summed E-state index contributed by atoms with van der Waals surface area (Å²) in [5.41, 5.74) is 0. The SMILES string of the molecule is CSC1(CNC(=O)C2CSCCN2)CCC1. The first kappa shape index (κ1) is 12.6. The zero-order valence-electron chi connectivity index (χ0n) is 9.75. The number of nitrogens with one attached hydrogen (secondary N) is 2. The Balaban J connectivity index is 1.74. The fraction of sp³-hybridized carbons (Fsp3) is 0.909. The highest BCUT2D eigenvalue weighted by atomic mass is 32.2. The van der Waals surface area contributed by atoms with E-state index in [0.29, 0.717) is 4.75 Å². The Labute approximate surface area is 106 Å². The number of hydrogen-bond acceptors (Lipinski definition) is 4. The van der Waals surface area contributed by atoms with Crippen LogP contribution >= 0.6 is 23.5 Å². The van der Waals surface area contributed by atoms with E-state index in [0.717, 1.165) is 24.6 Å². The molecule has 0 aromatic heterocycles. The second kappa shape index (κ2) is 5.65. The lowest BCUT2D eigenvalue weighted by Crippen LogP contribution is -2.53. The molecule has 1 saturated heterocycles. The first-order valence-corrected chi connectivity index (χ1v) is 8.28. The van der Waals surface area contributed by atoms with Crippen LogP contribution in [-0.4, -0.2) is 47.5 Å². The Morgan fingerprint density at radius 1 is 1.62 bits per heavy atom. The molecule has 2 N–H and O–H groups in total. The lowest BCUT2D eigenvalue weighted by molar-refractivity contribution is -0.122. The molecule has 3 nitrogen and oxygen atoms in total. The summed E-state index contributed by atoms with van der Waals surface area (Å²) in [4.78, 5) is 11.9. The van der Waals surface area contributed by atoms with E-state index in [1.165, 1.54) is 19.3 Å². The highest BCUT2D eigenvalue weighted by Gasteiger charge is 2.36. The molecule has 0 bridgehead atoms. The standard InChI is InChI=1S/C11H20N2OS2/c1-15-11(3-2-4-11)8-13-10(14)9-7-16-6-5-12-9/h9,12H,2-8H2,1H3,(H,13,14). The Morgan fingerprint density at radius 3 is 2.94 bits per heavy atom. The molecule has 0 spiro atoms. The summed E-state index contributed by atoms with van der Waals surface area (Å²) in [5.74, 6) is 2.23. The van der Waals surface area contributed by atoms with Gasteiger partial charge in [-0.25, -0.2) is 0 Å². The summed E-state index contributed by atoms with van der Waals surface area (Å²) in [5, 5.41) is 6.38. The van der Waals surface area contributed by atoms with Gasteiger partial charge < -0.3 is 10.6 Å². The van der Waals surface area contributed by atoms with Gasteiger partial charge in [0.1, 0.15) is 0 Å². The molecule has 1 atom stereocenters. The highest BCUT2D eigenvalue weighted by Crippen LogP contribution is 2.42. The van der Waals surface area contributed by atoms with E-state index in [4.69, 9.17) is 0 Å². The summed E-state index contributed by atoms with van der Waals surface area (Å²) < 4.78 is 0.345. The van der Waals surface area contributed by atoms with Crippen molar-refractivity contribution >= 4 is 29.4 Å². The normalized spacial score (nSPS) is 28.2. The maximum absolute atomic E-state index is 11.9. The molecule has 2 fully saturated rings. The molecule has 1 aliphatic heterocycles. The molecule has 1 saturated carbocycles. The van der Waals surface area contributed by atoms with Gasteiger partial charge in [0, 0.05) is 29.3 Å². The van der Waals surface area contributed by atoms with Crippen LogP contribution in [0.1, 0.15) is 19.3 Å². The van der Waals surface area contributed by atoms with E-state index in [1.807, 2.05) is 23.5 Å². The van der Waals surface area contributed by atoms with Gasteiger partial charge in [0.05, 0.1) is 6.04 Å². The third kappa shape index (κ3) is 2.87. The molecule has 1 amide bonds. The molecule has 1 heterocycles. The summed E-state index contributed by atoms with van der Waals surface area (Å²) in [6, 6.07) is 0.0257. The van der Waals surface area contributed by atoms with Crippen LogP contribution in [0.3, 0.4) is 0 Å². The minimum Gasteiger partial charge on any atom is -0.353 e. The molecule has 1 aliphatic carbocycles. The predicted molar refractivity (Wildman–Crippen MR) is 72.2 cm³/mol. The first-order valence-electron chi connectivity index (χ1n) is 5.90. The van der Waals surface area contributed by atoms with Crippen LogP contribution in [0.15, 0.2) is 0 Å². The molecule has 16 heavy (non-hydrogen) atoms. The van der Waals surface area contributed by atoms with Gasteiger partial charge in [-0.05, 0) is 19.1 Å². The lowest BCUT2D eigenvalue weighted by Gasteiger charge is -2.40. The van der Waals surface area contributed by atoms with Crippen LogP contribution in [0.4, 0.5) is 0 Å². The fourth-order valence-electron chi connectivity index (χ4n) is 2.13. The van der Waals surface area contributed by atoms with E-state index in [1.54, 1.807) is 0 Å². The molecule has 5 heteroatoms. The van der Waals surface area contributed by atoms with Gasteiger partial charge in [0.25, 0.3) is 0 Å². The molecule has 0 radical (unpaired) electrons. The number of thioether (sulfide) groups is 2. The number of carbonyl (C=O) groups is 1. The molecule has 1 unspecified atom stereocenters. The summed E-state index contributed by atoms with van der Waals surface area (Å²) >= 11 is 3.77. The van der Waals surface area contributed by atoms with Crippen molar-refractivity contribution in [3.8, 4) is 0 Å². The number of rotatable bonds is 4. The molecule has 0 aromatic rings. The minimum atomic E-state index is 0.0257. The molecular formula is C11H20N2OS2. The van der Waals surface area contributed by atoms with E-state index < -0.39 is 0 Å². The fourth-order valence-corrected chi connectivity index (χ4v) is 3.98. The Morgan fingerprint density at radius 2 is 2.44 bits per heavy atom. The zero-order chi connectivity index (χ0) is 11.4. The molecule has 0 aromatic carbocycles. The van der Waals surface area contributed by atoms with Crippen molar-refractivity contribution in [3.05, 3.63) is 0 Å². The molecule has 2 aliphatic rings. The molecular weight excluding hydrogens is 240 g/mol. The minimum absolute atomic E-state index is 0.0257. The van der Waals surface area contributed by atoms with Gasteiger partial charge in [-0.2, -0.15) is 23.5 Å². The van der Waals surface area contributed by atoms with Gasteiger partial charge in [-0.1, -0.05) is 6.42 Å². The zero-order valence-corrected chi connectivity index (χ0v) is 11.4. The maximum atomic E-state index is 11.9. The van der Waals surface area contributed by atoms with Gasteiger partial charge >= 0.3 is 0 Å². The van der Waals surface area contributed by atoms with E-state index >= 15 is 0 Å². The van der Waals surface area contributed by atoms with Crippen LogP contribution < -0.4 is 10.6 Å². The first-order chi connectivity index (χ1) is 7.76. The van der Waals surface area contributed by atoms with Crippen LogP contribution in [0.5, 0.6) is 0 Å². The van der Waals surface area contributed by atoms with Crippen LogP contribution in [0, 0.1) is 0 Å². The maximum Gasteiger partial charge on any atom is 0.238 e. The Kier molecular flexibility index (Phi) is 4.44. The van der Waals surface area contributed by atoms with Crippen molar-refractivity contribution in [2.75, 3.05) is 30.9 Å². The monoisotopic (exact) mass is 260 g/mol. The Hall–Kier alpha value is 0.130. The van der Waals surface area contributed by atoms with E-state index in [-0.39, 0.29) is 11.9 Å². The van der Waals surface area contributed by atoms with Crippen molar-refractivity contribution < 1.29 is 4.79 Å². The van der Waals surface area contributed by atoms with Crippen LogP contribution in [-0.2, 0) is 4.79 Å². The smallest absolute Gasteiger partial charge is 0.238 e. The highest BCUT2D eigenvalue weighted by molar-refractivity contribution is 8.00. The van der Waals surface area contributed by atoms with Gasteiger partial charge in [-0.3, -0.25) is 4.79 Å². The van der Waals surface area contributed by atoms with Crippen molar-refractivity contribution in [3.63, 3.8) is 0 Å². The molecule has 92 valence electrons. The average Bonchev–Trinajstić information content (AvgIpc) is 2.29. The summed E-state index contributed by atoms with van der Waals surface area (Å²) in [6.45, 7) is 1.80. The van der Waals surface area contributed by atoms with Gasteiger partial charge in [-0.15, -0.1) is 0 Å². The topological polar surface area (TPSA) is 41.1 Å². The van der Waals surface area contributed by atoms with Crippen LogP contribution in [0.2, 0.25) is 0 Å². The quantitative estimate of drug-likeness (QED) is 0.794. The van der Waals surface area contributed by atoms with E-state index in [2.05, 4.69) is 16.9 Å². The van der Waals surface area contributed by atoms with E-state index in [9.17, 15) is 4.79 Å². The Bertz CT molecular complexity index is 245. The second-order valence-corrected chi connectivity index (χ2v) is 6.96. The largest absolute Gasteiger partial charge is 0.353 e. The predicted octanol–water partition coefficient (Wildman–Crippen LogP) is 1.09. The van der Waals surface area contributed by atoms with Gasteiger partial charge in [0.15, 0.2) is 0 Å². The number of amides is 1. The van der Waals surface area contributed by atoms with Crippen molar-refractivity contribution in [2.45, 2.75) is 30.1 Å². The van der Waals surface area contributed by atoms with Crippen molar-refractivity contribution in [1.29, 1.82) is 0 Å². The number of carbonyl (C=O) groups excluding carboxylic acids is 1. The number of hydrogen-bond donors (Lipinski definition) is 2. The van der Waals surface area contributed by atoms with Crippen molar-refractivity contribution in [2.24, 2.45) is 0 Å². The van der Waals surface area contributed by atoms with Crippen molar-refractivity contribution in [1.82, 2.24) is 10.6 Å². The van der Waals surface area contributed by atoms with Crippen LogP contribution in [0.25, 0.3) is 0 Å². The summed E-state index contributed by atoms with van der Waals surface area (Å²) in [6.07, 6.45) is 5.97. The summed E-state index contributed by atoms with van der Waals surface area (Å²) in [7, 11) is 0. The third-order valence-corrected chi connectivity index (χ3v) is 6.00. The van der Waals surface area contributed by atoms with Gasteiger partial charge in [0.2, 0.25) is 5.91 Å². The average molecular weight is 260 g/mol.